The van der Waals surface area contributed by atoms with Crippen molar-refractivity contribution in [3.8, 4) is 0 Å². The standard InChI is InChI=1S/C13H27NO/c1-3-5-11-6-8-13(10-14,9-7-11)12(15)4-2/h11-12,15H,3-10,14H2,1-2H3. The van der Waals surface area contributed by atoms with Crippen molar-refractivity contribution in [2.45, 2.75) is 64.9 Å². The van der Waals surface area contributed by atoms with Crippen LogP contribution in [0.4, 0.5) is 0 Å². The molecule has 0 saturated heterocycles. The molecule has 2 heteroatoms. The molecule has 0 aromatic rings. The maximum absolute atomic E-state index is 10.1. The summed E-state index contributed by atoms with van der Waals surface area (Å²) in [5.74, 6) is 0.888. The van der Waals surface area contributed by atoms with Gasteiger partial charge in [0, 0.05) is 12.0 Å². The van der Waals surface area contributed by atoms with Crippen LogP contribution in [0.5, 0.6) is 0 Å². The summed E-state index contributed by atoms with van der Waals surface area (Å²) in [6.07, 6.45) is 8.08. The van der Waals surface area contributed by atoms with Gasteiger partial charge in [-0.25, -0.2) is 0 Å². The third kappa shape index (κ3) is 2.94. The Labute approximate surface area is 94.2 Å². The molecule has 1 rings (SSSR count). The second-order valence-corrected chi connectivity index (χ2v) is 5.22. The lowest BCUT2D eigenvalue weighted by molar-refractivity contribution is -0.0108. The molecule has 90 valence electrons. The van der Waals surface area contributed by atoms with Gasteiger partial charge in [0.1, 0.15) is 0 Å². The predicted octanol–water partition coefficient (Wildman–Crippen LogP) is 2.69. The normalized spacial score (nSPS) is 34.0. The fourth-order valence-electron chi connectivity index (χ4n) is 3.06. The van der Waals surface area contributed by atoms with Gasteiger partial charge < -0.3 is 10.8 Å². The lowest BCUT2D eigenvalue weighted by Gasteiger charge is -2.42. The topological polar surface area (TPSA) is 46.2 Å². The van der Waals surface area contributed by atoms with Crippen LogP contribution in [-0.4, -0.2) is 17.8 Å². The van der Waals surface area contributed by atoms with Crippen LogP contribution in [0, 0.1) is 11.3 Å². The zero-order valence-electron chi connectivity index (χ0n) is 10.3. The quantitative estimate of drug-likeness (QED) is 0.737. The predicted molar refractivity (Wildman–Crippen MR) is 64.7 cm³/mol. The summed E-state index contributed by atoms with van der Waals surface area (Å²) in [6.45, 7) is 4.97. The Kier molecular flexibility index (Phi) is 5.07. The van der Waals surface area contributed by atoms with E-state index in [1.165, 1.54) is 25.7 Å². The van der Waals surface area contributed by atoms with Gasteiger partial charge in [-0.3, -0.25) is 0 Å². The fourth-order valence-corrected chi connectivity index (χ4v) is 3.06. The zero-order chi connectivity index (χ0) is 11.3. The van der Waals surface area contributed by atoms with E-state index >= 15 is 0 Å². The monoisotopic (exact) mass is 213 g/mol. The van der Waals surface area contributed by atoms with Crippen LogP contribution in [0.25, 0.3) is 0 Å². The van der Waals surface area contributed by atoms with Gasteiger partial charge in [-0.1, -0.05) is 26.7 Å². The molecule has 1 saturated carbocycles. The lowest BCUT2D eigenvalue weighted by Crippen LogP contribution is -2.44. The number of hydrogen-bond donors (Lipinski definition) is 2. The molecular weight excluding hydrogens is 186 g/mol. The molecule has 0 heterocycles. The molecule has 2 nitrogen and oxygen atoms in total. The van der Waals surface area contributed by atoms with Gasteiger partial charge in [-0.05, 0) is 38.0 Å². The number of rotatable bonds is 5. The van der Waals surface area contributed by atoms with Gasteiger partial charge in [0.2, 0.25) is 0 Å². The first-order valence-corrected chi connectivity index (χ1v) is 6.56. The van der Waals surface area contributed by atoms with E-state index in [0.29, 0.717) is 6.54 Å². The SMILES string of the molecule is CCCC1CCC(CN)(C(O)CC)CC1. The molecule has 0 spiro atoms. The van der Waals surface area contributed by atoms with Crippen LogP contribution in [0.2, 0.25) is 0 Å². The summed E-state index contributed by atoms with van der Waals surface area (Å²) in [4.78, 5) is 0. The van der Waals surface area contributed by atoms with Gasteiger partial charge >= 0.3 is 0 Å². The van der Waals surface area contributed by atoms with Gasteiger partial charge in [0.25, 0.3) is 0 Å². The molecule has 1 atom stereocenters. The molecule has 1 aliphatic carbocycles. The van der Waals surface area contributed by atoms with Crippen LogP contribution in [-0.2, 0) is 0 Å². The van der Waals surface area contributed by atoms with Crippen LogP contribution in [0.3, 0.4) is 0 Å². The Balaban J connectivity index is 2.50. The van der Waals surface area contributed by atoms with Crippen molar-refractivity contribution in [2.75, 3.05) is 6.54 Å². The Morgan fingerprint density at radius 3 is 2.33 bits per heavy atom. The van der Waals surface area contributed by atoms with Crippen LogP contribution >= 0.6 is 0 Å². The van der Waals surface area contributed by atoms with Crippen molar-refractivity contribution in [1.29, 1.82) is 0 Å². The maximum atomic E-state index is 10.1. The van der Waals surface area contributed by atoms with Crippen molar-refractivity contribution in [3.63, 3.8) is 0 Å². The van der Waals surface area contributed by atoms with E-state index in [9.17, 15) is 5.11 Å². The average Bonchev–Trinajstić information content (AvgIpc) is 2.30. The van der Waals surface area contributed by atoms with Crippen LogP contribution < -0.4 is 5.73 Å². The minimum atomic E-state index is -0.190. The molecule has 1 unspecified atom stereocenters. The van der Waals surface area contributed by atoms with E-state index in [4.69, 9.17) is 5.73 Å². The van der Waals surface area contributed by atoms with Gasteiger partial charge in [-0.2, -0.15) is 0 Å². The fraction of sp³-hybridized carbons (Fsp3) is 1.00. The smallest absolute Gasteiger partial charge is 0.0605 e. The lowest BCUT2D eigenvalue weighted by atomic mass is 9.66. The summed E-state index contributed by atoms with van der Waals surface area (Å²) >= 11 is 0. The van der Waals surface area contributed by atoms with Gasteiger partial charge in [0.05, 0.1) is 6.10 Å². The van der Waals surface area contributed by atoms with Crippen molar-refractivity contribution in [1.82, 2.24) is 0 Å². The first-order valence-electron chi connectivity index (χ1n) is 6.56. The second kappa shape index (κ2) is 5.86. The highest BCUT2D eigenvalue weighted by atomic mass is 16.3. The van der Waals surface area contributed by atoms with Crippen LogP contribution in [0.15, 0.2) is 0 Å². The largest absolute Gasteiger partial charge is 0.393 e. The minimum absolute atomic E-state index is 0.0407. The zero-order valence-corrected chi connectivity index (χ0v) is 10.3. The molecular formula is C13H27NO. The number of hydrogen-bond acceptors (Lipinski definition) is 2. The summed E-state index contributed by atoms with van der Waals surface area (Å²) < 4.78 is 0. The maximum Gasteiger partial charge on any atom is 0.0605 e. The van der Waals surface area contributed by atoms with E-state index in [1.807, 2.05) is 0 Å². The van der Waals surface area contributed by atoms with E-state index in [1.54, 1.807) is 0 Å². The first-order chi connectivity index (χ1) is 7.18. The highest BCUT2D eigenvalue weighted by Gasteiger charge is 2.38. The Hall–Kier alpha value is -0.0800. The summed E-state index contributed by atoms with van der Waals surface area (Å²) in [7, 11) is 0. The molecule has 0 amide bonds. The molecule has 3 N–H and O–H groups in total. The van der Waals surface area contributed by atoms with Gasteiger partial charge in [-0.15, -0.1) is 0 Å². The molecule has 0 bridgehead atoms. The molecule has 0 radical (unpaired) electrons. The number of nitrogens with two attached hydrogens (primary N) is 1. The molecule has 1 fully saturated rings. The highest BCUT2D eigenvalue weighted by Crippen LogP contribution is 2.42. The molecule has 15 heavy (non-hydrogen) atoms. The van der Waals surface area contributed by atoms with E-state index in [2.05, 4.69) is 13.8 Å². The number of aliphatic hydroxyl groups is 1. The van der Waals surface area contributed by atoms with Crippen LogP contribution in [0.1, 0.15) is 58.8 Å². The molecule has 0 aliphatic heterocycles. The van der Waals surface area contributed by atoms with E-state index in [0.717, 1.165) is 25.2 Å². The Morgan fingerprint density at radius 1 is 1.33 bits per heavy atom. The summed E-state index contributed by atoms with van der Waals surface area (Å²) in [6, 6.07) is 0. The minimum Gasteiger partial charge on any atom is -0.393 e. The molecule has 1 aliphatic rings. The van der Waals surface area contributed by atoms with Crippen molar-refractivity contribution in [3.05, 3.63) is 0 Å². The average molecular weight is 213 g/mol. The van der Waals surface area contributed by atoms with Crippen molar-refractivity contribution in [2.24, 2.45) is 17.1 Å². The van der Waals surface area contributed by atoms with E-state index < -0.39 is 0 Å². The third-order valence-electron chi connectivity index (χ3n) is 4.30. The second-order valence-electron chi connectivity index (χ2n) is 5.22. The van der Waals surface area contributed by atoms with E-state index in [-0.39, 0.29) is 11.5 Å². The first kappa shape index (κ1) is 13.0. The summed E-state index contributed by atoms with van der Waals surface area (Å²) in [5, 5.41) is 10.1. The Bertz CT molecular complexity index is 173. The van der Waals surface area contributed by atoms with Crippen molar-refractivity contribution < 1.29 is 5.11 Å². The van der Waals surface area contributed by atoms with Gasteiger partial charge in [0.15, 0.2) is 0 Å². The molecule has 0 aromatic heterocycles. The third-order valence-corrected chi connectivity index (χ3v) is 4.30. The molecule has 0 aromatic carbocycles. The van der Waals surface area contributed by atoms with Crippen molar-refractivity contribution >= 4 is 0 Å². The highest BCUT2D eigenvalue weighted by molar-refractivity contribution is 4.91. The summed E-state index contributed by atoms with van der Waals surface area (Å²) in [5.41, 5.74) is 5.91. The number of aliphatic hydroxyl groups excluding tert-OH is 1. The Morgan fingerprint density at radius 2 is 1.93 bits per heavy atom.